The monoisotopic (exact) mass is 382 g/mol. The van der Waals surface area contributed by atoms with E-state index in [9.17, 15) is 18.0 Å². The van der Waals surface area contributed by atoms with E-state index in [1.54, 1.807) is 19.9 Å². The molecule has 1 saturated carbocycles. The molecular formula is C18H26N2O5S. The van der Waals surface area contributed by atoms with Crippen LogP contribution in [0.1, 0.15) is 47.2 Å². The van der Waals surface area contributed by atoms with Crippen LogP contribution < -0.4 is 5.32 Å². The van der Waals surface area contributed by atoms with E-state index in [0.29, 0.717) is 24.0 Å². The van der Waals surface area contributed by atoms with Gasteiger partial charge < -0.3 is 10.1 Å². The maximum atomic E-state index is 12.8. The largest absolute Gasteiger partial charge is 0.467 e. The normalized spacial score (nSPS) is 16.5. The zero-order valence-corrected chi connectivity index (χ0v) is 16.7. The lowest BCUT2D eigenvalue weighted by Crippen LogP contribution is -2.53. The number of methoxy groups -OCH3 is 1. The zero-order valence-electron chi connectivity index (χ0n) is 15.9. The van der Waals surface area contributed by atoms with Crippen LogP contribution in [0.15, 0.2) is 17.0 Å². The molecule has 1 N–H and O–H groups in total. The van der Waals surface area contributed by atoms with E-state index in [1.807, 2.05) is 0 Å². The Bertz CT molecular complexity index is 824. The van der Waals surface area contributed by atoms with Gasteiger partial charge in [0, 0.05) is 19.7 Å². The van der Waals surface area contributed by atoms with Crippen LogP contribution in [0, 0.1) is 13.8 Å². The van der Waals surface area contributed by atoms with Crippen LogP contribution in [0.3, 0.4) is 0 Å². The van der Waals surface area contributed by atoms with Gasteiger partial charge in [0.2, 0.25) is 10.0 Å². The second-order valence-electron chi connectivity index (χ2n) is 6.94. The number of carbonyl (C=O) groups excluding carboxylic acids is 2. The summed E-state index contributed by atoms with van der Waals surface area (Å²) in [7, 11) is 0.502. The Hall–Kier alpha value is -1.93. The molecule has 0 aromatic heterocycles. The van der Waals surface area contributed by atoms with Gasteiger partial charge in [0.25, 0.3) is 5.91 Å². The molecule has 144 valence electrons. The lowest BCUT2D eigenvalue weighted by Gasteiger charge is -2.27. The maximum absolute atomic E-state index is 12.8. The lowest BCUT2D eigenvalue weighted by atomic mass is 9.96. The van der Waals surface area contributed by atoms with Crippen molar-refractivity contribution in [3.63, 3.8) is 0 Å². The molecule has 0 radical (unpaired) electrons. The molecule has 0 aliphatic heterocycles. The van der Waals surface area contributed by atoms with Crippen molar-refractivity contribution < 1.29 is 22.7 Å². The smallest absolute Gasteiger partial charge is 0.331 e. The Morgan fingerprint density at radius 2 is 1.73 bits per heavy atom. The summed E-state index contributed by atoms with van der Waals surface area (Å²) >= 11 is 0. The van der Waals surface area contributed by atoms with Gasteiger partial charge in [0.05, 0.1) is 12.0 Å². The zero-order chi connectivity index (χ0) is 19.7. The van der Waals surface area contributed by atoms with E-state index >= 15 is 0 Å². The van der Waals surface area contributed by atoms with E-state index < -0.39 is 27.4 Å². The fourth-order valence-corrected chi connectivity index (χ4v) is 4.48. The van der Waals surface area contributed by atoms with Crippen molar-refractivity contribution in [3.05, 3.63) is 28.8 Å². The Morgan fingerprint density at radius 3 is 2.23 bits per heavy atom. The summed E-state index contributed by atoms with van der Waals surface area (Å²) in [4.78, 5) is 25.1. The highest BCUT2D eigenvalue weighted by Gasteiger charge is 2.43. The molecule has 1 aliphatic rings. The number of rotatable bonds is 5. The highest BCUT2D eigenvalue weighted by Crippen LogP contribution is 2.31. The molecular weight excluding hydrogens is 356 g/mol. The first-order chi connectivity index (χ1) is 12.0. The number of benzene rings is 1. The van der Waals surface area contributed by atoms with E-state index in [2.05, 4.69) is 5.32 Å². The maximum Gasteiger partial charge on any atom is 0.331 e. The minimum absolute atomic E-state index is 0.0891. The van der Waals surface area contributed by atoms with Crippen LogP contribution in [0.5, 0.6) is 0 Å². The Kier molecular flexibility index (Phi) is 5.77. The van der Waals surface area contributed by atoms with Crippen LogP contribution >= 0.6 is 0 Å². The third kappa shape index (κ3) is 3.61. The van der Waals surface area contributed by atoms with E-state index in [4.69, 9.17) is 4.74 Å². The summed E-state index contributed by atoms with van der Waals surface area (Å²) in [5.74, 6) is -0.941. The number of amides is 1. The van der Waals surface area contributed by atoms with Gasteiger partial charge in [-0.1, -0.05) is 12.8 Å². The Balaban J connectivity index is 2.44. The fourth-order valence-electron chi connectivity index (χ4n) is 3.27. The highest BCUT2D eigenvalue weighted by molar-refractivity contribution is 7.89. The van der Waals surface area contributed by atoms with Crippen molar-refractivity contribution in [2.45, 2.75) is 50.0 Å². The number of esters is 1. The predicted octanol–water partition coefficient (Wildman–Crippen LogP) is 1.77. The number of nitrogens with zero attached hydrogens (tertiary/aromatic N) is 1. The topological polar surface area (TPSA) is 92.8 Å². The summed E-state index contributed by atoms with van der Waals surface area (Å²) in [5, 5.41) is 2.79. The van der Waals surface area contributed by atoms with Crippen LogP contribution in [0.4, 0.5) is 0 Å². The van der Waals surface area contributed by atoms with Crippen molar-refractivity contribution in [2.75, 3.05) is 21.2 Å². The predicted molar refractivity (Wildman–Crippen MR) is 97.5 cm³/mol. The molecule has 0 unspecified atom stereocenters. The van der Waals surface area contributed by atoms with Gasteiger partial charge in [0.1, 0.15) is 5.54 Å². The molecule has 1 aromatic carbocycles. The van der Waals surface area contributed by atoms with Crippen molar-refractivity contribution in [1.82, 2.24) is 9.62 Å². The molecule has 26 heavy (non-hydrogen) atoms. The van der Waals surface area contributed by atoms with Gasteiger partial charge in [-0.05, 0) is 49.9 Å². The summed E-state index contributed by atoms with van der Waals surface area (Å²) in [6.07, 6.45) is 2.67. The summed E-state index contributed by atoms with van der Waals surface area (Å²) in [6.45, 7) is 3.47. The Labute approximate surface area is 154 Å². The molecule has 0 atom stereocenters. The third-order valence-corrected chi connectivity index (χ3v) is 6.97. The van der Waals surface area contributed by atoms with E-state index in [0.717, 1.165) is 17.1 Å². The van der Waals surface area contributed by atoms with Crippen molar-refractivity contribution in [3.8, 4) is 0 Å². The molecule has 1 fully saturated rings. The number of hydrogen-bond acceptors (Lipinski definition) is 5. The van der Waals surface area contributed by atoms with Gasteiger partial charge >= 0.3 is 5.97 Å². The van der Waals surface area contributed by atoms with Crippen LogP contribution in [0.25, 0.3) is 0 Å². The van der Waals surface area contributed by atoms with Crippen molar-refractivity contribution in [2.24, 2.45) is 0 Å². The van der Waals surface area contributed by atoms with Crippen molar-refractivity contribution in [1.29, 1.82) is 0 Å². The van der Waals surface area contributed by atoms with Gasteiger partial charge in [-0.15, -0.1) is 0 Å². The Morgan fingerprint density at radius 1 is 1.15 bits per heavy atom. The van der Waals surface area contributed by atoms with Crippen LogP contribution in [-0.2, 0) is 19.6 Å². The number of nitrogens with one attached hydrogen (secondary N) is 1. The first-order valence-electron chi connectivity index (χ1n) is 8.50. The fraction of sp³-hybridized carbons (Fsp3) is 0.556. The molecule has 0 heterocycles. The molecule has 8 heteroatoms. The quantitative estimate of drug-likeness (QED) is 0.784. The SMILES string of the molecule is COC(=O)C1(NC(=O)c2cc(C)c(C)c(S(=O)(=O)N(C)C)c2)CCCC1. The first kappa shape index (κ1) is 20.4. The van der Waals surface area contributed by atoms with Gasteiger partial charge in [0.15, 0.2) is 0 Å². The molecule has 7 nitrogen and oxygen atoms in total. The van der Waals surface area contributed by atoms with Gasteiger partial charge in [-0.3, -0.25) is 4.79 Å². The van der Waals surface area contributed by atoms with Gasteiger partial charge in [-0.2, -0.15) is 0 Å². The van der Waals surface area contributed by atoms with E-state index in [1.165, 1.54) is 27.3 Å². The second-order valence-corrected chi connectivity index (χ2v) is 9.06. The molecule has 0 saturated heterocycles. The average molecular weight is 382 g/mol. The number of sulfonamides is 1. The molecule has 2 rings (SSSR count). The molecule has 0 bridgehead atoms. The van der Waals surface area contributed by atoms with Crippen LogP contribution in [-0.4, -0.2) is 51.3 Å². The van der Waals surface area contributed by atoms with Crippen LogP contribution in [0.2, 0.25) is 0 Å². The summed E-state index contributed by atoms with van der Waals surface area (Å²) in [5.41, 5.74) is 0.463. The van der Waals surface area contributed by atoms with Gasteiger partial charge in [-0.25, -0.2) is 17.5 Å². The minimum atomic E-state index is -3.69. The summed E-state index contributed by atoms with van der Waals surface area (Å²) < 4.78 is 31.1. The second kappa shape index (κ2) is 7.36. The number of hydrogen-bond donors (Lipinski definition) is 1. The molecule has 1 amide bonds. The summed E-state index contributed by atoms with van der Waals surface area (Å²) in [6, 6.07) is 3.01. The number of ether oxygens (including phenoxy) is 1. The first-order valence-corrected chi connectivity index (χ1v) is 9.94. The van der Waals surface area contributed by atoms with E-state index in [-0.39, 0.29) is 10.5 Å². The molecule has 1 aromatic rings. The number of aryl methyl sites for hydroxylation is 1. The highest BCUT2D eigenvalue weighted by atomic mass is 32.2. The average Bonchev–Trinajstić information content (AvgIpc) is 3.05. The molecule has 1 aliphatic carbocycles. The minimum Gasteiger partial charge on any atom is -0.467 e. The lowest BCUT2D eigenvalue weighted by molar-refractivity contribution is -0.148. The van der Waals surface area contributed by atoms with Crippen molar-refractivity contribution >= 4 is 21.9 Å². The third-order valence-electron chi connectivity index (χ3n) is 5.03. The standard InChI is InChI=1S/C18H26N2O5S/c1-12-10-14(11-15(13(12)2)26(23,24)20(3)4)16(21)19-18(17(22)25-5)8-6-7-9-18/h10-11H,6-9H2,1-5H3,(H,19,21). The number of carbonyl (C=O) groups is 2. The molecule has 0 spiro atoms.